The molecule has 6 heteroatoms. The number of benzene rings is 1. The van der Waals surface area contributed by atoms with E-state index in [0.717, 1.165) is 63.4 Å². The quantitative estimate of drug-likeness (QED) is 0.649. The van der Waals surface area contributed by atoms with Crippen molar-refractivity contribution in [1.82, 2.24) is 15.3 Å². The number of fused-ring (bicyclic) bond motifs is 3. The number of aromatic nitrogens is 2. The Balaban J connectivity index is 1.24. The molecule has 2 aliphatic carbocycles. The maximum atomic E-state index is 6.90. The van der Waals surface area contributed by atoms with Crippen molar-refractivity contribution in [3.63, 3.8) is 0 Å². The van der Waals surface area contributed by atoms with Crippen LogP contribution in [-0.2, 0) is 23.3 Å². The molecule has 3 heterocycles. The molecular formula is C26H34ClN5. The standard InChI is InChI=1S/C26H34ClN5/c1-25(27)10-9-21-23(25)24(31-17-30-21)32-13-11-26(12-14-32)16-29-20-8-4-5-18(22(20)26)15-28-19-6-2-3-7-19/h4-5,8,17,19,28-29H,2-3,6-7,9-16H2,1H3. The van der Waals surface area contributed by atoms with Gasteiger partial charge < -0.3 is 15.5 Å². The number of rotatable bonds is 4. The number of anilines is 2. The van der Waals surface area contributed by atoms with Crippen molar-refractivity contribution >= 4 is 23.1 Å². The topological polar surface area (TPSA) is 53.1 Å². The summed E-state index contributed by atoms with van der Waals surface area (Å²) < 4.78 is 0. The monoisotopic (exact) mass is 451 g/mol. The van der Waals surface area contributed by atoms with Gasteiger partial charge in [-0.15, -0.1) is 11.6 Å². The average Bonchev–Trinajstić information content (AvgIpc) is 3.52. The Morgan fingerprint density at radius 2 is 1.94 bits per heavy atom. The Labute approximate surface area is 196 Å². The molecule has 1 saturated carbocycles. The zero-order chi connectivity index (χ0) is 21.8. The minimum Gasteiger partial charge on any atom is -0.384 e. The number of nitrogens with one attached hydrogen (secondary N) is 2. The Bertz CT molecular complexity index is 1010. The van der Waals surface area contributed by atoms with Gasteiger partial charge in [0.05, 0.1) is 10.6 Å². The van der Waals surface area contributed by atoms with Crippen LogP contribution in [0.25, 0.3) is 0 Å². The molecule has 0 bridgehead atoms. The highest BCUT2D eigenvalue weighted by molar-refractivity contribution is 6.24. The van der Waals surface area contributed by atoms with E-state index in [1.165, 1.54) is 42.5 Å². The molecule has 0 amide bonds. The molecule has 2 N–H and O–H groups in total. The second-order valence-electron chi connectivity index (χ2n) is 10.5. The lowest BCUT2D eigenvalue weighted by atomic mass is 9.72. The van der Waals surface area contributed by atoms with Crippen LogP contribution >= 0.6 is 11.6 Å². The predicted molar refractivity (Wildman–Crippen MR) is 131 cm³/mol. The largest absolute Gasteiger partial charge is 0.384 e. The van der Waals surface area contributed by atoms with E-state index in [4.69, 9.17) is 16.6 Å². The van der Waals surface area contributed by atoms with E-state index in [-0.39, 0.29) is 10.3 Å². The van der Waals surface area contributed by atoms with Gasteiger partial charge in [0.2, 0.25) is 0 Å². The molecule has 4 aliphatic rings. The Morgan fingerprint density at radius 3 is 2.75 bits per heavy atom. The number of alkyl halides is 1. The summed E-state index contributed by atoms with van der Waals surface area (Å²) in [6.45, 7) is 6.19. The molecule has 2 aromatic rings. The molecule has 1 atom stereocenters. The van der Waals surface area contributed by atoms with Crippen LogP contribution in [0.1, 0.15) is 74.3 Å². The average molecular weight is 452 g/mol. The zero-order valence-electron chi connectivity index (χ0n) is 19.1. The third-order valence-corrected chi connectivity index (χ3v) is 8.89. The third kappa shape index (κ3) is 3.40. The first kappa shape index (κ1) is 20.7. The molecule has 2 aliphatic heterocycles. The van der Waals surface area contributed by atoms with Crippen molar-refractivity contribution < 1.29 is 0 Å². The molecule has 1 aromatic carbocycles. The highest BCUT2D eigenvalue weighted by atomic mass is 35.5. The molecule has 1 unspecified atom stereocenters. The highest BCUT2D eigenvalue weighted by Gasteiger charge is 2.45. The van der Waals surface area contributed by atoms with Crippen molar-refractivity contribution in [1.29, 1.82) is 0 Å². The van der Waals surface area contributed by atoms with Gasteiger partial charge in [-0.25, -0.2) is 9.97 Å². The molecule has 2 fully saturated rings. The fourth-order valence-electron chi connectivity index (χ4n) is 6.68. The molecule has 32 heavy (non-hydrogen) atoms. The maximum Gasteiger partial charge on any atom is 0.137 e. The first-order valence-corrected chi connectivity index (χ1v) is 12.8. The van der Waals surface area contributed by atoms with Crippen molar-refractivity contribution in [3.8, 4) is 0 Å². The summed E-state index contributed by atoms with van der Waals surface area (Å²) in [6, 6.07) is 7.53. The molecule has 5 nitrogen and oxygen atoms in total. The number of piperidine rings is 1. The van der Waals surface area contributed by atoms with E-state index in [9.17, 15) is 0 Å². The van der Waals surface area contributed by atoms with Gasteiger partial charge in [-0.3, -0.25) is 0 Å². The van der Waals surface area contributed by atoms with E-state index in [0.29, 0.717) is 6.04 Å². The summed E-state index contributed by atoms with van der Waals surface area (Å²) in [5, 5.41) is 7.60. The Morgan fingerprint density at radius 1 is 1.12 bits per heavy atom. The van der Waals surface area contributed by atoms with Crippen LogP contribution in [-0.4, -0.2) is 35.6 Å². The first-order chi connectivity index (χ1) is 15.6. The summed E-state index contributed by atoms with van der Waals surface area (Å²) >= 11 is 6.90. The van der Waals surface area contributed by atoms with Crippen molar-refractivity contribution in [2.45, 2.75) is 81.2 Å². The molecule has 1 spiro atoms. The van der Waals surface area contributed by atoms with Crippen LogP contribution in [0.15, 0.2) is 24.5 Å². The number of hydrogen-bond acceptors (Lipinski definition) is 5. The molecule has 6 rings (SSSR count). The minimum atomic E-state index is -0.346. The Hall–Kier alpha value is -1.85. The van der Waals surface area contributed by atoms with Crippen LogP contribution in [0, 0.1) is 0 Å². The van der Waals surface area contributed by atoms with E-state index < -0.39 is 0 Å². The van der Waals surface area contributed by atoms with Crippen molar-refractivity contribution in [3.05, 3.63) is 46.9 Å². The summed E-state index contributed by atoms with van der Waals surface area (Å²) in [6.07, 6.45) is 11.3. The van der Waals surface area contributed by atoms with E-state index in [1.807, 2.05) is 0 Å². The van der Waals surface area contributed by atoms with Gasteiger partial charge in [0.15, 0.2) is 0 Å². The van der Waals surface area contributed by atoms with Crippen LogP contribution in [0.5, 0.6) is 0 Å². The van der Waals surface area contributed by atoms with Crippen molar-refractivity contribution in [2.75, 3.05) is 29.9 Å². The smallest absolute Gasteiger partial charge is 0.137 e. The summed E-state index contributed by atoms with van der Waals surface area (Å²) in [5.74, 6) is 1.07. The van der Waals surface area contributed by atoms with Gasteiger partial charge in [-0.2, -0.15) is 0 Å². The molecule has 170 valence electrons. The van der Waals surface area contributed by atoms with Crippen LogP contribution < -0.4 is 15.5 Å². The number of hydrogen-bond donors (Lipinski definition) is 2. The normalized spacial score (nSPS) is 26.4. The molecule has 1 aromatic heterocycles. The van der Waals surface area contributed by atoms with Gasteiger partial charge in [0.25, 0.3) is 0 Å². The third-order valence-electron chi connectivity index (χ3n) is 8.51. The van der Waals surface area contributed by atoms with E-state index in [2.05, 4.69) is 45.6 Å². The van der Waals surface area contributed by atoms with E-state index in [1.54, 1.807) is 11.9 Å². The highest BCUT2D eigenvalue weighted by Crippen LogP contribution is 2.49. The lowest BCUT2D eigenvalue weighted by molar-refractivity contribution is 0.356. The van der Waals surface area contributed by atoms with Gasteiger partial charge >= 0.3 is 0 Å². The summed E-state index contributed by atoms with van der Waals surface area (Å²) in [4.78, 5) is 11.4. The van der Waals surface area contributed by atoms with Gasteiger partial charge in [-0.05, 0) is 62.6 Å². The van der Waals surface area contributed by atoms with Gasteiger partial charge in [0.1, 0.15) is 12.1 Å². The summed E-state index contributed by atoms with van der Waals surface area (Å²) in [5.41, 5.74) is 6.94. The SMILES string of the molecule is CC1(Cl)CCc2ncnc(N3CCC4(CC3)CNc3cccc(CNC5CCCC5)c34)c21. The van der Waals surface area contributed by atoms with Gasteiger partial charge in [-0.1, -0.05) is 25.0 Å². The lowest BCUT2D eigenvalue weighted by Gasteiger charge is -2.41. The minimum absolute atomic E-state index is 0.222. The second kappa shape index (κ2) is 7.88. The Kier molecular flexibility index (Phi) is 5.10. The molecule has 1 saturated heterocycles. The molecular weight excluding hydrogens is 418 g/mol. The molecule has 0 radical (unpaired) electrons. The number of halogens is 1. The summed E-state index contributed by atoms with van der Waals surface area (Å²) in [7, 11) is 0. The van der Waals surface area contributed by atoms with Crippen LogP contribution in [0.3, 0.4) is 0 Å². The maximum absolute atomic E-state index is 6.90. The predicted octanol–water partition coefficient (Wildman–Crippen LogP) is 4.87. The van der Waals surface area contributed by atoms with Crippen molar-refractivity contribution in [2.24, 2.45) is 0 Å². The first-order valence-electron chi connectivity index (χ1n) is 12.4. The fraction of sp³-hybridized carbons (Fsp3) is 0.615. The second-order valence-corrected chi connectivity index (χ2v) is 11.4. The van der Waals surface area contributed by atoms with E-state index >= 15 is 0 Å². The van der Waals surface area contributed by atoms with Crippen LogP contribution in [0.4, 0.5) is 11.5 Å². The van der Waals surface area contributed by atoms with Gasteiger partial charge in [0, 0.05) is 48.9 Å². The number of aryl methyl sites for hydroxylation is 1. The lowest BCUT2D eigenvalue weighted by Crippen LogP contribution is -2.45. The van der Waals surface area contributed by atoms with Crippen LogP contribution in [0.2, 0.25) is 0 Å². The number of nitrogens with zero attached hydrogens (tertiary/aromatic N) is 3. The fourth-order valence-corrected chi connectivity index (χ4v) is 6.97. The zero-order valence-corrected chi connectivity index (χ0v) is 19.8.